The third kappa shape index (κ3) is 4.19. The molecule has 0 aliphatic carbocycles. The molecule has 2 heteroatoms. The van der Waals surface area contributed by atoms with E-state index in [1.807, 2.05) is 30.3 Å². The molecule has 0 aliphatic heterocycles. The van der Waals surface area contributed by atoms with Gasteiger partial charge >= 0.3 is 0 Å². The van der Waals surface area contributed by atoms with Gasteiger partial charge in [-0.1, -0.05) is 61.5 Å². The van der Waals surface area contributed by atoms with E-state index in [0.29, 0.717) is 6.54 Å². The molecule has 0 spiro atoms. The second-order valence-electron chi connectivity index (χ2n) is 4.83. The van der Waals surface area contributed by atoms with Crippen LogP contribution in [-0.2, 0) is 13.0 Å². The predicted molar refractivity (Wildman–Crippen MR) is 77.7 cm³/mol. The van der Waals surface area contributed by atoms with E-state index >= 15 is 0 Å². The number of aliphatic hydroxyl groups is 1. The van der Waals surface area contributed by atoms with Crippen molar-refractivity contribution in [3.8, 4) is 0 Å². The summed E-state index contributed by atoms with van der Waals surface area (Å²) in [4.78, 5) is 0. The smallest absolute Gasteiger partial charge is 0.128 e. The fraction of sp³-hybridized carbons (Fsp3) is 0.294. The summed E-state index contributed by atoms with van der Waals surface area (Å²) in [5, 5.41) is 12.2. The molecule has 0 unspecified atom stereocenters. The molecule has 19 heavy (non-hydrogen) atoms. The Morgan fingerprint density at radius 3 is 2.21 bits per heavy atom. The van der Waals surface area contributed by atoms with Crippen LogP contribution in [0.3, 0.4) is 0 Å². The Hall–Kier alpha value is -1.64. The van der Waals surface area contributed by atoms with Gasteiger partial charge in [-0.2, -0.15) is 0 Å². The van der Waals surface area contributed by atoms with E-state index in [1.165, 1.54) is 11.1 Å². The van der Waals surface area contributed by atoms with Crippen molar-refractivity contribution in [1.29, 1.82) is 0 Å². The lowest BCUT2D eigenvalue weighted by atomic mass is 10.1. The summed E-state index contributed by atoms with van der Waals surface area (Å²) in [6.07, 6.45) is 0.688. The van der Waals surface area contributed by atoms with Crippen LogP contribution in [0.5, 0.6) is 0 Å². The zero-order valence-electron chi connectivity index (χ0n) is 11.4. The zero-order chi connectivity index (χ0) is 13.5. The quantitative estimate of drug-likeness (QED) is 0.815. The van der Waals surface area contributed by atoms with Crippen LogP contribution in [-0.4, -0.2) is 11.7 Å². The summed E-state index contributed by atoms with van der Waals surface area (Å²) in [7, 11) is 0. The average molecular weight is 256 g/mol. The third-order valence-electron chi connectivity index (χ3n) is 3.39. The highest BCUT2D eigenvalue weighted by Gasteiger charge is 2.08. The SMILES string of the molecule is CCc1ccc(C[NH2+]C[C@H](O)c2ccccc2)cc1. The zero-order valence-corrected chi connectivity index (χ0v) is 11.4. The summed E-state index contributed by atoms with van der Waals surface area (Å²) >= 11 is 0. The summed E-state index contributed by atoms with van der Waals surface area (Å²) in [6, 6.07) is 18.5. The van der Waals surface area contributed by atoms with E-state index in [9.17, 15) is 5.11 Å². The first-order valence-electron chi connectivity index (χ1n) is 6.92. The Balaban J connectivity index is 1.79. The molecule has 2 nitrogen and oxygen atoms in total. The van der Waals surface area contributed by atoms with Crippen LogP contribution in [0.25, 0.3) is 0 Å². The van der Waals surface area contributed by atoms with Gasteiger partial charge in [-0.15, -0.1) is 0 Å². The third-order valence-corrected chi connectivity index (χ3v) is 3.39. The highest BCUT2D eigenvalue weighted by Crippen LogP contribution is 2.09. The number of benzene rings is 2. The first-order valence-corrected chi connectivity index (χ1v) is 6.92. The number of rotatable bonds is 6. The van der Waals surface area contributed by atoms with Crippen LogP contribution in [0.4, 0.5) is 0 Å². The van der Waals surface area contributed by atoms with Gasteiger partial charge in [0.05, 0.1) is 0 Å². The van der Waals surface area contributed by atoms with Crippen molar-refractivity contribution in [2.45, 2.75) is 26.0 Å². The monoisotopic (exact) mass is 256 g/mol. The second kappa shape index (κ2) is 7.07. The maximum atomic E-state index is 10.0. The van der Waals surface area contributed by atoms with Crippen LogP contribution in [0.15, 0.2) is 54.6 Å². The average Bonchev–Trinajstić information content (AvgIpc) is 2.49. The molecule has 100 valence electrons. The fourth-order valence-electron chi connectivity index (χ4n) is 2.13. The summed E-state index contributed by atoms with van der Waals surface area (Å²) in [6.45, 7) is 3.77. The predicted octanol–water partition coefficient (Wildman–Crippen LogP) is 2.05. The summed E-state index contributed by atoms with van der Waals surface area (Å²) < 4.78 is 0. The molecule has 0 amide bonds. The molecule has 0 fully saturated rings. The van der Waals surface area contributed by atoms with Crippen molar-refractivity contribution in [1.82, 2.24) is 0 Å². The maximum Gasteiger partial charge on any atom is 0.128 e. The van der Waals surface area contributed by atoms with Gasteiger partial charge < -0.3 is 10.4 Å². The maximum absolute atomic E-state index is 10.0. The lowest BCUT2D eigenvalue weighted by molar-refractivity contribution is -0.677. The van der Waals surface area contributed by atoms with Gasteiger partial charge in [0.15, 0.2) is 0 Å². The molecule has 0 aromatic heterocycles. The van der Waals surface area contributed by atoms with Crippen molar-refractivity contribution >= 4 is 0 Å². The molecule has 2 rings (SSSR count). The number of hydrogen-bond donors (Lipinski definition) is 2. The first kappa shape index (κ1) is 13.8. The van der Waals surface area contributed by atoms with Gasteiger partial charge in [0.25, 0.3) is 0 Å². The molecule has 1 atom stereocenters. The van der Waals surface area contributed by atoms with Crippen LogP contribution < -0.4 is 5.32 Å². The van der Waals surface area contributed by atoms with Gasteiger partial charge in [0.1, 0.15) is 19.2 Å². The summed E-state index contributed by atoms with van der Waals surface area (Å²) in [5.41, 5.74) is 3.66. The van der Waals surface area contributed by atoms with Crippen LogP contribution >= 0.6 is 0 Å². The van der Waals surface area contributed by atoms with Gasteiger partial charge in [0.2, 0.25) is 0 Å². The van der Waals surface area contributed by atoms with E-state index < -0.39 is 6.10 Å². The number of aryl methyl sites for hydroxylation is 1. The molecule has 0 radical (unpaired) electrons. The molecule has 0 heterocycles. The van der Waals surface area contributed by atoms with Crippen LogP contribution in [0.1, 0.15) is 29.7 Å². The lowest BCUT2D eigenvalue weighted by Gasteiger charge is -2.09. The highest BCUT2D eigenvalue weighted by molar-refractivity contribution is 5.21. The normalized spacial score (nSPS) is 12.3. The number of quaternary nitrogens is 1. The standard InChI is InChI=1S/C17H21NO/c1-2-14-8-10-15(11-9-14)12-18-13-17(19)16-6-4-3-5-7-16/h3-11,17-19H,2,12-13H2,1H3/p+1/t17-/m0/s1. The molecule has 0 bridgehead atoms. The minimum absolute atomic E-state index is 0.392. The molecule has 0 saturated carbocycles. The Morgan fingerprint density at radius 2 is 1.58 bits per heavy atom. The Morgan fingerprint density at radius 1 is 0.947 bits per heavy atom. The fourth-order valence-corrected chi connectivity index (χ4v) is 2.13. The largest absolute Gasteiger partial charge is 0.382 e. The Labute approximate surface area is 115 Å². The molecular formula is C17H22NO+. The van der Waals surface area contributed by atoms with E-state index in [0.717, 1.165) is 18.5 Å². The van der Waals surface area contributed by atoms with Crippen LogP contribution in [0.2, 0.25) is 0 Å². The molecular weight excluding hydrogens is 234 g/mol. The van der Waals surface area contributed by atoms with Crippen molar-refractivity contribution in [3.63, 3.8) is 0 Å². The van der Waals surface area contributed by atoms with Gasteiger partial charge in [-0.05, 0) is 17.5 Å². The van der Waals surface area contributed by atoms with E-state index in [2.05, 4.69) is 36.5 Å². The lowest BCUT2D eigenvalue weighted by Crippen LogP contribution is -2.83. The second-order valence-corrected chi connectivity index (χ2v) is 4.83. The Bertz CT molecular complexity index is 478. The minimum Gasteiger partial charge on any atom is -0.382 e. The molecule has 2 aromatic carbocycles. The van der Waals surface area contributed by atoms with Crippen LogP contribution in [0, 0.1) is 0 Å². The van der Waals surface area contributed by atoms with E-state index in [-0.39, 0.29) is 0 Å². The van der Waals surface area contributed by atoms with Gasteiger partial charge in [0, 0.05) is 5.56 Å². The van der Waals surface area contributed by atoms with Crippen molar-refractivity contribution < 1.29 is 10.4 Å². The number of aliphatic hydroxyl groups excluding tert-OH is 1. The molecule has 0 aliphatic rings. The van der Waals surface area contributed by atoms with Gasteiger partial charge in [-0.25, -0.2) is 0 Å². The molecule has 3 N–H and O–H groups in total. The van der Waals surface area contributed by atoms with Crippen molar-refractivity contribution in [2.24, 2.45) is 0 Å². The van der Waals surface area contributed by atoms with E-state index in [4.69, 9.17) is 0 Å². The molecule has 0 saturated heterocycles. The first-order chi connectivity index (χ1) is 9.29. The number of nitrogens with two attached hydrogens (primary N) is 1. The Kier molecular flexibility index (Phi) is 5.13. The topological polar surface area (TPSA) is 36.8 Å². The summed E-state index contributed by atoms with van der Waals surface area (Å²) in [5.74, 6) is 0. The van der Waals surface area contributed by atoms with E-state index in [1.54, 1.807) is 0 Å². The number of hydrogen-bond acceptors (Lipinski definition) is 1. The van der Waals surface area contributed by atoms with Crippen molar-refractivity contribution in [2.75, 3.05) is 6.54 Å². The van der Waals surface area contributed by atoms with Crippen molar-refractivity contribution in [3.05, 3.63) is 71.3 Å². The molecule has 2 aromatic rings. The highest BCUT2D eigenvalue weighted by atomic mass is 16.3. The van der Waals surface area contributed by atoms with Gasteiger partial charge in [-0.3, -0.25) is 0 Å². The minimum atomic E-state index is -0.392.